The van der Waals surface area contributed by atoms with E-state index in [-0.39, 0.29) is 12.5 Å². The van der Waals surface area contributed by atoms with Crippen LogP contribution in [0.2, 0.25) is 5.02 Å². The van der Waals surface area contributed by atoms with Gasteiger partial charge in [-0.05, 0) is 23.3 Å². The second-order valence-electron chi connectivity index (χ2n) is 4.53. The van der Waals surface area contributed by atoms with E-state index in [0.717, 1.165) is 11.1 Å². The number of aliphatic hydroxyl groups is 1. The molecule has 1 amide bonds. The summed E-state index contributed by atoms with van der Waals surface area (Å²) in [6.07, 6.45) is -0.416. The Morgan fingerprint density at radius 2 is 1.75 bits per heavy atom. The topological polar surface area (TPSA) is 49.3 Å². The second kappa shape index (κ2) is 7.08. The first-order valence-electron chi connectivity index (χ1n) is 6.39. The van der Waals surface area contributed by atoms with Crippen molar-refractivity contribution in [3.05, 3.63) is 70.7 Å². The van der Waals surface area contributed by atoms with Gasteiger partial charge < -0.3 is 10.4 Å². The summed E-state index contributed by atoms with van der Waals surface area (Å²) in [7, 11) is 0. The van der Waals surface area contributed by atoms with Gasteiger partial charge in [0, 0.05) is 11.6 Å². The van der Waals surface area contributed by atoms with Gasteiger partial charge in [-0.3, -0.25) is 4.79 Å². The molecule has 2 rings (SSSR count). The molecule has 0 aliphatic carbocycles. The molecular weight excluding hydrogens is 274 g/mol. The minimum absolute atomic E-state index is 0.107. The first-order chi connectivity index (χ1) is 9.65. The lowest BCUT2D eigenvalue weighted by molar-refractivity contribution is -0.120. The number of aliphatic hydroxyl groups excluding tert-OH is 1. The normalized spacial score (nSPS) is 11.9. The summed E-state index contributed by atoms with van der Waals surface area (Å²) < 4.78 is 0. The van der Waals surface area contributed by atoms with Crippen LogP contribution in [0.15, 0.2) is 54.6 Å². The highest BCUT2D eigenvalue weighted by Crippen LogP contribution is 2.15. The highest BCUT2D eigenvalue weighted by atomic mass is 35.5. The molecule has 3 nitrogen and oxygen atoms in total. The van der Waals surface area contributed by atoms with Gasteiger partial charge in [0.2, 0.25) is 5.91 Å². The standard InChI is InChI=1S/C16H16ClNO2/c17-14-8-6-13(7-9-14)15(19)11-18-16(20)10-12-4-2-1-3-5-12/h1-9,15,19H,10-11H2,(H,18,20)/t15-/m1/s1. The van der Waals surface area contributed by atoms with Crippen LogP contribution >= 0.6 is 11.6 Å². The van der Waals surface area contributed by atoms with E-state index in [1.54, 1.807) is 24.3 Å². The molecule has 0 spiro atoms. The maximum atomic E-state index is 11.8. The predicted octanol–water partition coefficient (Wildman–Crippen LogP) is 2.73. The number of hydrogen-bond acceptors (Lipinski definition) is 2. The van der Waals surface area contributed by atoms with E-state index >= 15 is 0 Å². The number of nitrogens with one attached hydrogen (secondary N) is 1. The van der Waals surface area contributed by atoms with Gasteiger partial charge in [0.15, 0.2) is 0 Å². The van der Waals surface area contributed by atoms with Gasteiger partial charge in [-0.15, -0.1) is 0 Å². The van der Waals surface area contributed by atoms with Crippen LogP contribution in [0.1, 0.15) is 17.2 Å². The van der Waals surface area contributed by atoms with E-state index in [1.807, 2.05) is 30.3 Å². The molecule has 0 unspecified atom stereocenters. The summed E-state index contributed by atoms with van der Waals surface area (Å²) >= 11 is 5.78. The fourth-order valence-electron chi connectivity index (χ4n) is 1.86. The molecule has 0 saturated carbocycles. The van der Waals surface area contributed by atoms with Crippen LogP contribution in [-0.2, 0) is 11.2 Å². The Morgan fingerprint density at radius 3 is 2.40 bits per heavy atom. The minimum atomic E-state index is -0.730. The fourth-order valence-corrected chi connectivity index (χ4v) is 1.98. The van der Waals surface area contributed by atoms with Gasteiger partial charge in [-0.1, -0.05) is 54.1 Å². The van der Waals surface area contributed by atoms with Crippen molar-refractivity contribution in [3.8, 4) is 0 Å². The molecule has 0 heterocycles. The summed E-state index contributed by atoms with van der Waals surface area (Å²) in [5.74, 6) is -0.107. The Balaban J connectivity index is 1.82. The van der Waals surface area contributed by atoms with E-state index in [0.29, 0.717) is 11.4 Å². The molecule has 104 valence electrons. The van der Waals surface area contributed by atoms with Crippen molar-refractivity contribution in [2.45, 2.75) is 12.5 Å². The lowest BCUT2D eigenvalue weighted by atomic mass is 10.1. The number of carbonyl (C=O) groups excluding carboxylic acids is 1. The number of benzene rings is 2. The average molecular weight is 290 g/mol. The number of hydrogen-bond donors (Lipinski definition) is 2. The lowest BCUT2D eigenvalue weighted by Crippen LogP contribution is -2.29. The lowest BCUT2D eigenvalue weighted by Gasteiger charge is -2.12. The molecule has 2 aromatic carbocycles. The maximum absolute atomic E-state index is 11.8. The molecular formula is C16H16ClNO2. The van der Waals surface area contributed by atoms with Crippen molar-refractivity contribution in [1.82, 2.24) is 5.32 Å². The Bertz CT molecular complexity index is 554. The van der Waals surface area contributed by atoms with Gasteiger partial charge in [0.1, 0.15) is 0 Å². The van der Waals surface area contributed by atoms with Gasteiger partial charge in [-0.2, -0.15) is 0 Å². The largest absolute Gasteiger partial charge is 0.387 e. The van der Waals surface area contributed by atoms with Crippen LogP contribution in [0.25, 0.3) is 0 Å². The van der Waals surface area contributed by atoms with Crippen molar-refractivity contribution in [3.63, 3.8) is 0 Å². The highest BCUT2D eigenvalue weighted by Gasteiger charge is 2.09. The first-order valence-corrected chi connectivity index (χ1v) is 6.77. The first kappa shape index (κ1) is 14.6. The van der Waals surface area contributed by atoms with Crippen molar-refractivity contribution in [2.24, 2.45) is 0 Å². The molecule has 1 atom stereocenters. The summed E-state index contributed by atoms with van der Waals surface area (Å²) in [6.45, 7) is 0.188. The zero-order valence-corrected chi connectivity index (χ0v) is 11.7. The SMILES string of the molecule is O=C(Cc1ccccc1)NC[C@@H](O)c1ccc(Cl)cc1. The van der Waals surface area contributed by atoms with Crippen LogP contribution < -0.4 is 5.32 Å². The molecule has 0 aliphatic rings. The molecule has 0 saturated heterocycles. The molecule has 2 aromatic rings. The molecule has 4 heteroatoms. The van der Waals surface area contributed by atoms with Gasteiger partial charge in [0.05, 0.1) is 12.5 Å². The van der Waals surface area contributed by atoms with E-state index in [4.69, 9.17) is 11.6 Å². The third kappa shape index (κ3) is 4.37. The zero-order chi connectivity index (χ0) is 14.4. The van der Waals surface area contributed by atoms with E-state index < -0.39 is 6.10 Å². The Hall–Kier alpha value is -1.84. The molecule has 0 aliphatic heterocycles. The molecule has 20 heavy (non-hydrogen) atoms. The predicted molar refractivity (Wildman–Crippen MR) is 79.6 cm³/mol. The van der Waals surface area contributed by atoms with Crippen LogP contribution in [0.3, 0.4) is 0 Å². The summed E-state index contributed by atoms with van der Waals surface area (Å²) in [4.78, 5) is 11.8. The Morgan fingerprint density at radius 1 is 1.10 bits per heavy atom. The van der Waals surface area contributed by atoms with E-state index in [1.165, 1.54) is 0 Å². The van der Waals surface area contributed by atoms with Crippen molar-refractivity contribution in [2.75, 3.05) is 6.54 Å². The average Bonchev–Trinajstić information content (AvgIpc) is 2.46. The summed E-state index contributed by atoms with van der Waals surface area (Å²) in [5.41, 5.74) is 1.68. The Kier molecular flexibility index (Phi) is 5.16. The number of carbonyl (C=O) groups is 1. The minimum Gasteiger partial charge on any atom is -0.387 e. The smallest absolute Gasteiger partial charge is 0.224 e. The molecule has 0 fully saturated rings. The van der Waals surface area contributed by atoms with Crippen molar-refractivity contribution >= 4 is 17.5 Å². The number of amides is 1. The quantitative estimate of drug-likeness (QED) is 0.889. The van der Waals surface area contributed by atoms with Crippen molar-refractivity contribution < 1.29 is 9.90 Å². The third-order valence-electron chi connectivity index (χ3n) is 2.95. The molecule has 0 radical (unpaired) electrons. The summed E-state index contributed by atoms with van der Waals surface area (Å²) in [6, 6.07) is 16.4. The van der Waals surface area contributed by atoms with Gasteiger partial charge >= 0.3 is 0 Å². The molecule has 0 bridgehead atoms. The van der Waals surface area contributed by atoms with Crippen LogP contribution in [0.5, 0.6) is 0 Å². The molecule has 2 N–H and O–H groups in total. The van der Waals surface area contributed by atoms with Crippen LogP contribution in [-0.4, -0.2) is 17.6 Å². The number of rotatable bonds is 5. The Labute approximate surface area is 123 Å². The van der Waals surface area contributed by atoms with Gasteiger partial charge in [-0.25, -0.2) is 0 Å². The monoisotopic (exact) mass is 289 g/mol. The zero-order valence-electron chi connectivity index (χ0n) is 10.9. The van der Waals surface area contributed by atoms with Crippen LogP contribution in [0, 0.1) is 0 Å². The van der Waals surface area contributed by atoms with E-state index in [2.05, 4.69) is 5.32 Å². The maximum Gasteiger partial charge on any atom is 0.224 e. The highest BCUT2D eigenvalue weighted by molar-refractivity contribution is 6.30. The molecule has 0 aromatic heterocycles. The number of halogens is 1. The third-order valence-corrected chi connectivity index (χ3v) is 3.21. The summed E-state index contributed by atoms with van der Waals surface area (Å²) in [5, 5.41) is 13.3. The second-order valence-corrected chi connectivity index (χ2v) is 4.97. The van der Waals surface area contributed by atoms with Gasteiger partial charge in [0.25, 0.3) is 0 Å². The van der Waals surface area contributed by atoms with E-state index in [9.17, 15) is 9.90 Å². The van der Waals surface area contributed by atoms with Crippen molar-refractivity contribution in [1.29, 1.82) is 0 Å². The fraction of sp³-hybridized carbons (Fsp3) is 0.188. The van der Waals surface area contributed by atoms with Crippen LogP contribution in [0.4, 0.5) is 0 Å².